The van der Waals surface area contributed by atoms with Gasteiger partial charge in [-0.05, 0) is 24.8 Å². The van der Waals surface area contributed by atoms with Gasteiger partial charge in [-0.3, -0.25) is 0 Å². The van der Waals surface area contributed by atoms with Gasteiger partial charge in [-0.1, -0.05) is 57.0 Å². The lowest BCUT2D eigenvalue weighted by molar-refractivity contribution is -0.142. The summed E-state index contributed by atoms with van der Waals surface area (Å²) in [6, 6.07) is 8.60. The number of ether oxygens (including phenoxy) is 1. The number of carbonyl (C=O) groups excluding carboxylic acids is 2. The van der Waals surface area contributed by atoms with E-state index in [4.69, 9.17) is 4.74 Å². The minimum absolute atomic E-state index is 0.0683. The Hall–Kier alpha value is -2.04. The lowest BCUT2D eigenvalue weighted by atomic mass is 10.0. The monoisotopic (exact) mass is 334 g/mol. The van der Waals surface area contributed by atoms with E-state index in [9.17, 15) is 9.59 Å². The third kappa shape index (κ3) is 7.99. The summed E-state index contributed by atoms with van der Waals surface area (Å²) in [6.07, 6.45) is 3.55. The average Bonchev–Trinajstić information content (AvgIpc) is 2.54. The van der Waals surface area contributed by atoms with Gasteiger partial charge in [0.2, 0.25) is 0 Å². The lowest BCUT2D eigenvalue weighted by Gasteiger charge is -2.20. The average molecular weight is 334 g/mol. The van der Waals surface area contributed by atoms with Crippen LogP contribution in [0.2, 0.25) is 0 Å². The van der Waals surface area contributed by atoms with E-state index in [1.807, 2.05) is 37.3 Å². The van der Waals surface area contributed by atoms with Gasteiger partial charge in [0.1, 0.15) is 6.04 Å². The maximum Gasteiger partial charge on any atom is 0.328 e. The van der Waals surface area contributed by atoms with Crippen LogP contribution in [0.5, 0.6) is 0 Å². The highest BCUT2D eigenvalue weighted by Crippen LogP contribution is 2.08. The van der Waals surface area contributed by atoms with Crippen molar-refractivity contribution in [2.75, 3.05) is 7.11 Å². The maximum atomic E-state index is 12.1. The first-order valence-corrected chi connectivity index (χ1v) is 8.61. The van der Waals surface area contributed by atoms with Crippen LogP contribution in [-0.4, -0.2) is 31.2 Å². The van der Waals surface area contributed by atoms with E-state index in [0.29, 0.717) is 12.3 Å². The van der Waals surface area contributed by atoms with Gasteiger partial charge in [0.25, 0.3) is 0 Å². The zero-order chi connectivity index (χ0) is 17.9. The summed E-state index contributed by atoms with van der Waals surface area (Å²) in [4.78, 5) is 24.1. The molecule has 0 saturated carbocycles. The largest absolute Gasteiger partial charge is 0.467 e. The molecule has 1 aromatic carbocycles. The first kappa shape index (κ1) is 20.0. The maximum absolute atomic E-state index is 12.1. The van der Waals surface area contributed by atoms with Gasteiger partial charge in [0.15, 0.2) is 0 Å². The van der Waals surface area contributed by atoms with E-state index in [0.717, 1.165) is 24.8 Å². The van der Waals surface area contributed by atoms with Gasteiger partial charge in [0, 0.05) is 12.5 Å². The quantitative estimate of drug-likeness (QED) is 0.681. The van der Waals surface area contributed by atoms with Crippen molar-refractivity contribution >= 4 is 12.0 Å². The Bertz CT molecular complexity index is 503. The molecule has 2 amide bonds. The lowest BCUT2D eigenvalue weighted by Crippen LogP contribution is -2.49. The van der Waals surface area contributed by atoms with E-state index in [1.54, 1.807) is 0 Å². The smallest absolute Gasteiger partial charge is 0.328 e. The van der Waals surface area contributed by atoms with Crippen molar-refractivity contribution < 1.29 is 14.3 Å². The number of hydrogen-bond donors (Lipinski definition) is 2. The highest BCUT2D eigenvalue weighted by Gasteiger charge is 2.22. The molecule has 0 aliphatic carbocycles. The molecule has 5 heteroatoms. The molecule has 0 spiro atoms. The minimum atomic E-state index is -0.694. The van der Waals surface area contributed by atoms with E-state index in [-0.39, 0.29) is 12.1 Å². The predicted molar refractivity (Wildman–Crippen MR) is 95.8 cm³/mol. The second-order valence-electron chi connectivity index (χ2n) is 6.61. The van der Waals surface area contributed by atoms with E-state index in [2.05, 4.69) is 24.5 Å². The van der Waals surface area contributed by atoms with E-state index in [1.165, 1.54) is 7.11 Å². The first-order valence-electron chi connectivity index (χ1n) is 8.61. The first-order chi connectivity index (χ1) is 11.4. The molecule has 0 aliphatic heterocycles. The van der Waals surface area contributed by atoms with Crippen LogP contribution < -0.4 is 10.6 Å². The number of esters is 1. The Labute approximate surface area is 145 Å². The zero-order valence-corrected chi connectivity index (χ0v) is 15.2. The molecule has 5 nitrogen and oxygen atoms in total. The summed E-state index contributed by atoms with van der Waals surface area (Å²) in [7, 11) is 1.33. The van der Waals surface area contributed by atoms with Gasteiger partial charge >= 0.3 is 12.0 Å². The van der Waals surface area contributed by atoms with Crippen LogP contribution in [0.15, 0.2) is 30.3 Å². The number of nitrogens with one attached hydrogen (secondary N) is 2. The zero-order valence-electron chi connectivity index (χ0n) is 15.2. The van der Waals surface area contributed by atoms with Crippen molar-refractivity contribution in [3.05, 3.63) is 35.9 Å². The highest BCUT2D eigenvalue weighted by atomic mass is 16.5. The molecule has 2 N–H and O–H groups in total. The number of benzene rings is 1. The molecule has 24 heavy (non-hydrogen) atoms. The van der Waals surface area contributed by atoms with Gasteiger partial charge in [0.05, 0.1) is 7.11 Å². The molecule has 2 atom stereocenters. The second-order valence-corrected chi connectivity index (χ2v) is 6.61. The molecule has 0 radical (unpaired) electrons. The Morgan fingerprint density at radius 1 is 1.04 bits per heavy atom. The Balaban J connectivity index is 2.50. The second kappa shape index (κ2) is 10.7. The van der Waals surface area contributed by atoms with Crippen molar-refractivity contribution in [1.29, 1.82) is 0 Å². The van der Waals surface area contributed by atoms with Gasteiger partial charge < -0.3 is 15.4 Å². The molecule has 1 aromatic rings. The summed E-state index contributed by atoms with van der Waals surface area (Å²) >= 11 is 0. The molecule has 1 rings (SSSR count). The number of hydrogen-bond acceptors (Lipinski definition) is 3. The standard InChI is InChI=1S/C19H30N2O3/c1-14(2)9-8-10-15(3)20-19(23)21-17(18(22)24-4)13-16-11-6-5-7-12-16/h5-7,11-12,14-15,17H,8-10,13H2,1-4H3,(H2,20,21,23). The normalized spacial score (nSPS) is 13.2. The molecule has 0 fully saturated rings. The predicted octanol–water partition coefficient (Wildman–Crippen LogP) is 3.28. The number of urea groups is 1. The fraction of sp³-hybridized carbons (Fsp3) is 0.579. The molecule has 0 saturated heterocycles. The molecular formula is C19H30N2O3. The van der Waals surface area contributed by atoms with Gasteiger partial charge in [-0.2, -0.15) is 0 Å². The van der Waals surface area contributed by atoms with E-state index >= 15 is 0 Å². The van der Waals surface area contributed by atoms with Crippen LogP contribution in [0, 0.1) is 5.92 Å². The molecule has 0 aliphatic rings. The van der Waals surface area contributed by atoms with Gasteiger partial charge in [-0.25, -0.2) is 9.59 Å². The molecule has 0 heterocycles. The van der Waals surface area contributed by atoms with Gasteiger partial charge in [-0.15, -0.1) is 0 Å². The Morgan fingerprint density at radius 3 is 2.29 bits per heavy atom. The summed E-state index contributed by atoms with van der Waals surface area (Å²) < 4.78 is 4.80. The van der Waals surface area contributed by atoms with Crippen LogP contribution >= 0.6 is 0 Å². The summed E-state index contributed by atoms with van der Waals surface area (Å²) in [5.41, 5.74) is 0.971. The van der Waals surface area contributed by atoms with Crippen LogP contribution in [0.4, 0.5) is 4.79 Å². The number of rotatable bonds is 9. The third-order valence-electron chi connectivity index (χ3n) is 3.87. The van der Waals surface area contributed by atoms with Crippen LogP contribution in [0.25, 0.3) is 0 Å². The van der Waals surface area contributed by atoms with Crippen molar-refractivity contribution in [1.82, 2.24) is 10.6 Å². The van der Waals surface area contributed by atoms with Crippen LogP contribution in [0.1, 0.15) is 45.6 Å². The minimum Gasteiger partial charge on any atom is -0.467 e. The van der Waals surface area contributed by atoms with Crippen LogP contribution in [-0.2, 0) is 16.0 Å². The number of carbonyl (C=O) groups is 2. The summed E-state index contributed by atoms with van der Waals surface area (Å²) in [6.45, 7) is 6.36. The fourth-order valence-corrected chi connectivity index (χ4v) is 2.51. The highest BCUT2D eigenvalue weighted by molar-refractivity contribution is 5.83. The van der Waals surface area contributed by atoms with Crippen molar-refractivity contribution in [3.63, 3.8) is 0 Å². The molecule has 0 aromatic heterocycles. The SMILES string of the molecule is COC(=O)C(Cc1ccccc1)NC(=O)NC(C)CCCC(C)C. The van der Waals surface area contributed by atoms with Crippen molar-refractivity contribution in [2.45, 2.75) is 58.5 Å². The van der Waals surface area contributed by atoms with E-state index < -0.39 is 12.0 Å². The van der Waals surface area contributed by atoms with Crippen molar-refractivity contribution in [3.8, 4) is 0 Å². The number of amides is 2. The molecule has 2 unspecified atom stereocenters. The topological polar surface area (TPSA) is 67.4 Å². The number of methoxy groups -OCH3 is 1. The molecule has 0 bridgehead atoms. The fourth-order valence-electron chi connectivity index (χ4n) is 2.51. The summed E-state index contributed by atoms with van der Waals surface area (Å²) in [5, 5.41) is 5.61. The molecular weight excluding hydrogens is 304 g/mol. The van der Waals surface area contributed by atoms with Crippen molar-refractivity contribution in [2.24, 2.45) is 5.92 Å². The van der Waals surface area contributed by atoms with Crippen LogP contribution in [0.3, 0.4) is 0 Å². The third-order valence-corrected chi connectivity index (χ3v) is 3.87. The summed E-state index contributed by atoms with van der Waals surface area (Å²) in [5.74, 6) is 0.224. The Kier molecular flexibility index (Phi) is 8.90. The Morgan fingerprint density at radius 2 is 1.71 bits per heavy atom. The molecule has 134 valence electrons.